The highest BCUT2D eigenvalue weighted by atomic mass is 19.1. The predicted octanol–water partition coefficient (Wildman–Crippen LogP) is 3.32. The van der Waals surface area contributed by atoms with Crippen LogP contribution in [0.4, 0.5) is 4.39 Å². The van der Waals surface area contributed by atoms with E-state index in [4.69, 9.17) is 0 Å². The first-order valence-electron chi connectivity index (χ1n) is 9.75. The van der Waals surface area contributed by atoms with Crippen LogP contribution in [-0.2, 0) is 18.4 Å². The molecule has 1 amide bonds. The summed E-state index contributed by atoms with van der Waals surface area (Å²) in [4.78, 5) is 19.3. The first-order valence-corrected chi connectivity index (χ1v) is 9.75. The molecule has 1 aromatic carbocycles. The quantitative estimate of drug-likeness (QED) is 0.902. The van der Waals surface area contributed by atoms with Gasteiger partial charge in [0.05, 0.1) is 12.1 Å². The minimum absolute atomic E-state index is 0.121. The van der Waals surface area contributed by atoms with Crippen molar-refractivity contribution in [3.63, 3.8) is 0 Å². The molecular formula is C21H27FN4O. The van der Waals surface area contributed by atoms with Crippen molar-refractivity contribution in [1.29, 1.82) is 0 Å². The largest absolute Gasteiger partial charge is 0.349 e. The number of nitrogens with zero attached hydrogens (tertiary/aromatic N) is 3. The van der Waals surface area contributed by atoms with Crippen molar-refractivity contribution in [3.05, 3.63) is 53.9 Å². The Morgan fingerprint density at radius 3 is 2.78 bits per heavy atom. The third kappa shape index (κ3) is 3.50. The second-order valence-electron chi connectivity index (χ2n) is 8.13. The van der Waals surface area contributed by atoms with Gasteiger partial charge < -0.3 is 9.88 Å². The molecule has 0 unspecified atom stereocenters. The molecule has 0 bridgehead atoms. The van der Waals surface area contributed by atoms with Gasteiger partial charge >= 0.3 is 0 Å². The van der Waals surface area contributed by atoms with Gasteiger partial charge in [0.15, 0.2) is 0 Å². The molecule has 144 valence electrons. The lowest BCUT2D eigenvalue weighted by atomic mass is 9.85. The van der Waals surface area contributed by atoms with Gasteiger partial charge in [0.1, 0.15) is 11.6 Å². The summed E-state index contributed by atoms with van der Waals surface area (Å²) >= 11 is 0. The second kappa shape index (κ2) is 7.08. The standard InChI is InChI=1S/C21H27FN4O/c1-21-13-17(15-7-9-16(22)10-8-15)26(14-19-23-11-12-25(19)2)18(21)5-3-4-6-20(27)24-21/h7-12,17-18H,3-6,13-14H2,1-2H3,(H,24,27)/t17-,18-,21-/m0/s1. The molecule has 1 N–H and O–H groups in total. The van der Waals surface area contributed by atoms with Crippen molar-refractivity contribution in [2.45, 2.75) is 63.2 Å². The zero-order valence-corrected chi connectivity index (χ0v) is 16.0. The van der Waals surface area contributed by atoms with E-state index in [-0.39, 0.29) is 29.3 Å². The number of aryl methyl sites for hydroxylation is 1. The van der Waals surface area contributed by atoms with E-state index in [1.165, 1.54) is 12.1 Å². The fourth-order valence-corrected chi connectivity index (χ4v) is 4.79. The summed E-state index contributed by atoms with van der Waals surface area (Å²) in [5.41, 5.74) is 0.801. The zero-order chi connectivity index (χ0) is 19.0. The summed E-state index contributed by atoms with van der Waals surface area (Å²) in [6.45, 7) is 2.87. The predicted molar refractivity (Wildman–Crippen MR) is 101 cm³/mol. The fourth-order valence-electron chi connectivity index (χ4n) is 4.79. The average Bonchev–Trinajstić information content (AvgIpc) is 3.13. The van der Waals surface area contributed by atoms with Crippen LogP contribution in [0.5, 0.6) is 0 Å². The highest BCUT2D eigenvalue weighted by Gasteiger charge is 2.50. The van der Waals surface area contributed by atoms with E-state index in [2.05, 4.69) is 22.1 Å². The lowest BCUT2D eigenvalue weighted by Crippen LogP contribution is -2.55. The number of aromatic nitrogens is 2. The topological polar surface area (TPSA) is 50.2 Å². The van der Waals surface area contributed by atoms with Gasteiger partial charge in [-0.1, -0.05) is 18.6 Å². The first kappa shape index (κ1) is 18.2. The van der Waals surface area contributed by atoms with E-state index in [0.29, 0.717) is 13.0 Å². The molecule has 1 aromatic heterocycles. The molecule has 2 aromatic rings. The Morgan fingerprint density at radius 2 is 2.07 bits per heavy atom. The molecule has 6 heteroatoms. The number of nitrogens with one attached hydrogen (secondary N) is 1. The number of halogens is 1. The van der Waals surface area contributed by atoms with E-state index < -0.39 is 0 Å². The van der Waals surface area contributed by atoms with Crippen molar-refractivity contribution < 1.29 is 9.18 Å². The molecule has 0 saturated carbocycles. The Kier molecular flexibility index (Phi) is 4.76. The molecule has 2 saturated heterocycles. The van der Waals surface area contributed by atoms with E-state index in [1.807, 2.05) is 36.1 Å². The third-order valence-electron chi connectivity index (χ3n) is 6.21. The smallest absolute Gasteiger partial charge is 0.220 e. The van der Waals surface area contributed by atoms with Crippen LogP contribution >= 0.6 is 0 Å². The lowest BCUT2D eigenvalue weighted by molar-refractivity contribution is -0.123. The average molecular weight is 370 g/mol. The van der Waals surface area contributed by atoms with Gasteiger partial charge in [0.2, 0.25) is 5.91 Å². The summed E-state index contributed by atoms with van der Waals surface area (Å²) in [7, 11) is 2.00. The lowest BCUT2D eigenvalue weighted by Gasteiger charge is -2.38. The van der Waals surface area contributed by atoms with Crippen LogP contribution in [-0.4, -0.2) is 31.9 Å². The zero-order valence-electron chi connectivity index (χ0n) is 16.0. The van der Waals surface area contributed by atoms with Gasteiger partial charge in [-0.3, -0.25) is 9.69 Å². The van der Waals surface area contributed by atoms with Crippen molar-refractivity contribution in [1.82, 2.24) is 19.8 Å². The molecule has 2 aliphatic heterocycles. The number of hydrogen-bond donors (Lipinski definition) is 1. The number of rotatable bonds is 3. The van der Waals surface area contributed by atoms with Crippen LogP contribution in [0, 0.1) is 5.82 Å². The van der Waals surface area contributed by atoms with Crippen molar-refractivity contribution >= 4 is 5.91 Å². The highest BCUT2D eigenvalue weighted by molar-refractivity contribution is 5.77. The number of imidazole rings is 1. The number of likely N-dealkylation sites (tertiary alicyclic amines) is 1. The first-order chi connectivity index (χ1) is 13.0. The Morgan fingerprint density at radius 1 is 1.30 bits per heavy atom. The highest BCUT2D eigenvalue weighted by Crippen LogP contribution is 2.45. The Balaban J connectivity index is 1.72. The molecular weight excluding hydrogens is 343 g/mol. The van der Waals surface area contributed by atoms with E-state index in [9.17, 15) is 9.18 Å². The maximum absolute atomic E-state index is 13.5. The van der Waals surface area contributed by atoms with E-state index in [1.54, 1.807) is 0 Å². The van der Waals surface area contributed by atoms with Crippen LogP contribution in [0.3, 0.4) is 0 Å². The second-order valence-corrected chi connectivity index (χ2v) is 8.13. The Bertz CT molecular complexity index is 818. The molecule has 4 rings (SSSR count). The number of benzene rings is 1. The normalized spacial score (nSPS) is 29.1. The van der Waals surface area contributed by atoms with Gasteiger partial charge in [-0.2, -0.15) is 0 Å². The SMILES string of the molecule is Cn1ccnc1CN1[C@H]2CCCCC(=O)N[C@@]2(C)C[C@H]1c1ccc(F)cc1. The molecule has 0 spiro atoms. The van der Waals surface area contributed by atoms with Gasteiger partial charge in [0.25, 0.3) is 0 Å². The van der Waals surface area contributed by atoms with Crippen molar-refractivity contribution in [3.8, 4) is 0 Å². The summed E-state index contributed by atoms with van der Waals surface area (Å²) in [6, 6.07) is 7.14. The maximum atomic E-state index is 13.5. The fraction of sp³-hybridized carbons (Fsp3) is 0.524. The molecule has 27 heavy (non-hydrogen) atoms. The van der Waals surface area contributed by atoms with Crippen LogP contribution in [0.1, 0.15) is 56.5 Å². The summed E-state index contributed by atoms with van der Waals surface area (Å²) in [5.74, 6) is 0.913. The third-order valence-corrected chi connectivity index (χ3v) is 6.21. The van der Waals surface area contributed by atoms with Crippen LogP contribution in [0.25, 0.3) is 0 Å². The molecule has 3 atom stereocenters. The Labute approximate surface area is 159 Å². The minimum Gasteiger partial charge on any atom is -0.349 e. The minimum atomic E-state index is -0.290. The van der Waals surface area contributed by atoms with Crippen LogP contribution < -0.4 is 5.32 Å². The summed E-state index contributed by atoms with van der Waals surface area (Å²) < 4.78 is 15.5. The van der Waals surface area contributed by atoms with E-state index >= 15 is 0 Å². The molecule has 3 heterocycles. The number of hydrogen-bond acceptors (Lipinski definition) is 3. The number of fused-ring (bicyclic) bond motifs is 1. The van der Waals surface area contributed by atoms with Crippen molar-refractivity contribution in [2.75, 3.05) is 0 Å². The number of carbonyl (C=O) groups is 1. The molecule has 2 aliphatic rings. The maximum Gasteiger partial charge on any atom is 0.220 e. The van der Waals surface area contributed by atoms with Crippen LogP contribution in [0.15, 0.2) is 36.7 Å². The van der Waals surface area contributed by atoms with Crippen LogP contribution in [0.2, 0.25) is 0 Å². The Hall–Kier alpha value is -2.21. The molecule has 0 aliphatic carbocycles. The summed E-state index contributed by atoms with van der Waals surface area (Å²) in [6.07, 6.45) is 8.20. The summed E-state index contributed by atoms with van der Waals surface area (Å²) in [5, 5.41) is 3.31. The molecule has 5 nitrogen and oxygen atoms in total. The van der Waals surface area contributed by atoms with Gasteiger partial charge in [-0.15, -0.1) is 0 Å². The van der Waals surface area contributed by atoms with Gasteiger partial charge in [0, 0.05) is 37.9 Å². The number of carbonyl (C=O) groups excluding carboxylic acids is 1. The monoisotopic (exact) mass is 370 g/mol. The van der Waals surface area contributed by atoms with Gasteiger partial charge in [-0.25, -0.2) is 9.37 Å². The number of amides is 1. The molecule has 2 fully saturated rings. The van der Waals surface area contributed by atoms with Crippen molar-refractivity contribution in [2.24, 2.45) is 7.05 Å². The molecule has 0 radical (unpaired) electrons. The van der Waals surface area contributed by atoms with E-state index in [0.717, 1.165) is 37.1 Å². The van der Waals surface area contributed by atoms with Gasteiger partial charge in [-0.05, 0) is 43.9 Å².